The van der Waals surface area contributed by atoms with Gasteiger partial charge in [0.1, 0.15) is 6.04 Å². The maximum Gasteiger partial charge on any atom is 0.321 e. The number of oxime groups is 1. The van der Waals surface area contributed by atoms with Gasteiger partial charge in [0, 0.05) is 44.5 Å². The molecule has 2 heterocycles. The monoisotopic (exact) mass is 768 g/mol. The van der Waals surface area contributed by atoms with Crippen molar-refractivity contribution < 1.29 is 28.3 Å². The number of rotatable bonds is 18. The lowest BCUT2D eigenvalue weighted by Gasteiger charge is -2.35. The van der Waals surface area contributed by atoms with Gasteiger partial charge in [-0.1, -0.05) is 106 Å². The quantitative estimate of drug-likeness (QED) is 0.0672. The van der Waals surface area contributed by atoms with Crippen LogP contribution in [-0.4, -0.2) is 100 Å². The summed E-state index contributed by atoms with van der Waals surface area (Å²) in [6, 6.07) is 27.0. The van der Waals surface area contributed by atoms with Gasteiger partial charge in [-0.05, 0) is 65.3 Å². The molecule has 1 aliphatic heterocycles. The summed E-state index contributed by atoms with van der Waals surface area (Å²) in [5.41, 5.74) is 4.11. The van der Waals surface area contributed by atoms with Crippen molar-refractivity contribution >= 4 is 28.2 Å². The van der Waals surface area contributed by atoms with E-state index >= 15 is 0 Å². The zero-order valence-electron chi connectivity index (χ0n) is 31.9. The Hall–Kier alpha value is -5.11. The molecule has 3 N–H and O–H groups in total. The van der Waals surface area contributed by atoms with Crippen LogP contribution in [0, 0.1) is 11.8 Å². The third-order valence-electron chi connectivity index (χ3n) is 9.95. The highest BCUT2D eigenvalue weighted by molar-refractivity contribution is 7.89. The van der Waals surface area contributed by atoms with E-state index in [1.807, 2.05) is 100 Å². The molecule has 3 aromatic carbocycles. The molecule has 4 atom stereocenters. The van der Waals surface area contributed by atoms with Crippen LogP contribution in [0.15, 0.2) is 113 Å². The number of aromatic nitrogens is 1. The van der Waals surface area contributed by atoms with Gasteiger partial charge in [0.2, 0.25) is 15.9 Å². The van der Waals surface area contributed by atoms with Gasteiger partial charge in [-0.15, -0.1) is 0 Å². The first-order valence-corrected chi connectivity index (χ1v) is 20.2. The predicted octanol–water partition coefficient (Wildman–Crippen LogP) is 5.64. The Morgan fingerprint density at radius 1 is 0.945 bits per heavy atom. The molecule has 5 rings (SSSR count). The topological polar surface area (TPSA) is 156 Å². The summed E-state index contributed by atoms with van der Waals surface area (Å²) in [7, 11) is -4.07. The Morgan fingerprint density at radius 3 is 2.31 bits per heavy atom. The summed E-state index contributed by atoms with van der Waals surface area (Å²) in [4.78, 5) is 36.3. The van der Waals surface area contributed by atoms with Crippen molar-refractivity contribution in [3.05, 3.63) is 120 Å². The van der Waals surface area contributed by atoms with E-state index in [0.717, 1.165) is 22.4 Å². The van der Waals surface area contributed by atoms with Gasteiger partial charge in [0.15, 0.2) is 0 Å². The molecule has 4 aromatic rings. The third-order valence-corrected chi connectivity index (χ3v) is 11.8. The highest BCUT2D eigenvalue weighted by Crippen LogP contribution is 2.25. The van der Waals surface area contributed by atoms with Crippen LogP contribution in [-0.2, 0) is 27.8 Å². The Morgan fingerprint density at radius 2 is 1.65 bits per heavy atom. The summed E-state index contributed by atoms with van der Waals surface area (Å²) < 4.78 is 29.2. The van der Waals surface area contributed by atoms with Crippen molar-refractivity contribution in [2.45, 2.75) is 70.2 Å². The maximum atomic E-state index is 14.4. The molecule has 13 heteroatoms. The van der Waals surface area contributed by atoms with E-state index in [1.165, 1.54) is 34.8 Å². The first-order chi connectivity index (χ1) is 26.4. The zero-order valence-corrected chi connectivity index (χ0v) is 32.7. The first kappa shape index (κ1) is 41.1. The number of aliphatic hydroxyl groups is 1. The SMILES string of the molecule is CCC(C)C(C(=O)N[C@@H](Cc1ccccc1)[C@H](O)CN(CC(C)C)S(=O)(=O)c1ccc(/C=N/O)cc1)N1CCN(Cc2cccc(-c3ccccn3)c2)C1=O. The number of nitrogens with one attached hydrogen (secondary N) is 1. The molecule has 0 aliphatic carbocycles. The van der Waals surface area contributed by atoms with Crippen LogP contribution in [0.3, 0.4) is 0 Å². The molecular formula is C42H52N6O6S. The van der Waals surface area contributed by atoms with Crippen LogP contribution in [0.1, 0.15) is 50.8 Å². The molecule has 1 aliphatic rings. The molecule has 1 saturated heterocycles. The average Bonchev–Trinajstić information content (AvgIpc) is 3.53. The lowest BCUT2D eigenvalue weighted by molar-refractivity contribution is -0.128. The second-order valence-electron chi connectivity index (χ2n) is 14.5. The van der Waals surface area contributed by atoms with E-state index in [9.17, 15) is 23.1 Å². The molecule has 0 radical (unpaired) electrons. The van der Waals surface area contributed by atoms with Crippen LogP contribution in [0.2, 0.25) is 0 Å². The summed E-state index contributed by atoms with van der Waals surface area (Å²) in [6.45, 7) is 8.72. The largest absolute Gasteiger partial charge is 0.411 e. The normalized spacial score (nSPS) is 15.8. The molecular weight excluding hydrogens is 717 g/mol. The summed E-state index contributed by atoms with van der Waals surface area (Å²) in [6.07, 6.45) is 2.51. The molecule has 3 amide bonds. The van der Waals surface area contributed by atoms with Crippen molar-refractivity contribution in [1.29, 1.82) is 0 Å². The number of pyridine rings is 1. The van der Waals surface area contributed by atoms with Crippen molar-refractivity contribution in [3.63, 3.8) is 0 Å². The number of aliphatic hydroxyl groups excluding tert-OH is 1. The highest BCUT2D eigenvalue weighted by atomic mass is 32.2. The number of sulfonamides is 1. The molecule has 0 saturated carbocycles. The number of carbonyl (C=O) groups excluding carboxylic acids is 2. The zero-order chi connectivity index (χ0) is 39.5. The highest BCUT2D eigenvalue weighted by Gasteiger charge is 2.41. The predicted molar refractivity (Wildman–Crippen MR) is 213 cm³/mol. The molecule has 2 unspecified atom stereocenters. The minimum atomic E-state index is -4.07. The van der Waals surface area contributed by atoms with Gasteiger partial charge >= 0.3 is 6.03 Å². The maximum absolute atomic E-state index is 14.4. The Bertz CT molecular complexity index is 2000. The minimum Gasteiger partial charge on any atom is -0.411 e. The first-order valence-electron chi connectivity index (χ1n) is 18.8. The lowest BCUT2D eigenvalue weighted by atomic mass is 9.95. The van der Waals surface area contributed by atoms with Crippen molar-refractivity contribution in [1.82, 2.24) is 24.4 Å². The summed E-state index contributed by atoms with van der Waals surface area (Å²) >= 11 is 0. The number of benzene rings is 3. The fraction of sp³-hybridized carbons (Fsp3) is 0.381. The van der Waals surface area contributed by atoms with Crippen LogP contribution < -0.4 is 5.32 Å². The van der Waals surface area contributed by atoms with E-state index in [-0.39, 0.29) is 42.3 Å². The molecule has 1 fully saturated rings. The number of hydrogen-bond donors (Lipinski definition) is 3. The van der Waals surface area contributed by atoms with Crippen LogP contribution in [0.5, 0.6) is 0 Å². The van der Waals surface area contributed by atoms with Gasteiger partial charge in [-0.3, -0.25) is 9.78 Å². The van der Waals surface area contributed by atoms with Gasteiger partial charge in [0.05, 0.1) is 28.9 Å². The summed E-state index contributed by atoms with van der Waals surface area (Å²) in [5.74, 6) is -0.676. The van der Waals surface area contributed by atoms with E-state index in [4.69, 9.17) is 5.21 Å². The van der Waals surface area contributed by atoms with E-state index in [1.54, 1.807) is 16.0 Å². The number of hydrogen-bond acceptors (Lipinski definition) is 8. The van der Waals surface area contributed by atoms with Crippen molar-refractivity contribution in [2.75, 3.05) is 26.2 Å². The lowest BCUT2D eigenvalue weighted by Crippen LogP contribution is -2.57. The molecule has 12 nitrogen and oxygen atoms in total. The average molecular weight is 769 g/mol. The van der Waals surface area contributed by atoms with E-state index < -0.39 is 34.1 Å². The number of amides is 3. The van der Waals surface area contributed by atoms with Gasteiger partial charge in [-0.25, -0.2) is 13.2 Å². The molecule has 55 heavy (non-hydrogen) atoms. The second-order valence-corrected chi connectivity index (χ2v) is 16.5. The third kappa shape index (κ3) is 10.6. The summed E-state index contributed by atoms with van der Waals surface area (Å²) in [5, 5.41) is 26.8. The van der Waals surface area contributed by atoms with Gasteiger partial charge in [-0.2, -0.15) is 4.31 Å². The van der Waals surface area contributed by atoms with E-state index in [2.05, 4.69) is 15.5 Å². The fourth-order valence-corrected chi connectivity index (χ4v) is 8.52. The molecule has 292 valence electrons. The fourth-order valence-electron chi connectivity index (χ4n) is 6.89. The smallest absolute Gasteiger partial charge is 0.321 e. The van der Waals surface area contributed by atoms with Gasteiger partial charge < -0.3 is 25.4 Å². The molecule has 0 bridgehead atoms. The van der Waals surface area contributed by atoms with Crippen LogP contribution >= 0.6 is 0 Å². The molecule has 1 aromatic heterocycles. The van der Waals surface area contributed by atoms with Crippen LogP contribution in [0.4, 0.5) is 4.79 Å². The second kappa shape index (κ2) is 19.0. The molecule has 0 spiro atoms. The van der Waals surface area contributed by atoms with Crippen molar-refractivity contribution in [3.8, 4) is 11.3 Å². The van der Waals surface area contributed by atoms with Gasteiger partial charge in [0.25, 0.3) is 0 Å². The Kier molecular flexibility index (Phi) is 14.2. The minimum absolute atomic E-state index is 0.0245. The van der Waals surface area contributed by atoms with Crippen LogP contribution in [0.25, 0.3) is 11.3 Å². The Labute approximate surface area is 324 Å². The number of urea groups is 1. The van der Waals surface area contributed by atoms with Crippen molar-refractivity contribution in [2.24, 2.45) is 17.0 Å². The standard InChI is InChI=1S/C42H52N6O6S/c1-5-31(4)40(48-23-22-46(42(48)51)28-34-14-11-15-35(24-34)37-16-9-10-21-43-37)41(50)45-38(25-32-12-7-6-8-13-32)39(49)29-47(27-30(2)3)55(53,54)36-19-17-33(18-20-36)26-44-52/h6-21,24,26,30-31,38-40,49,52H,5,22-23,25,27-29H2,1-4H3,(H,45,50)/b44-26+/t31?,38-,39+,40?/m0/s1. The Balaban J connectivity index is 1.36. The van der Waals surface area contributed by atoms with E-state index in [0.29, 0.717) is 31.6 Å². The number of carbonyl (C=O) groups is 2. The number of nitrogens with zero attached hydrogens (tertiary/aromatic N) is 5.